The molecule has 0 radical (unpaired) electrons. The highest BCUT2D eigenvalue weighted by Gasteiger charge is 2.55. The fraction of sp³-hybridized carbons (Fsp3) is 0.538. The molecule has 0 amide bonds. The summed E-state index contributed by atoms with van der Waals surface area (Å²) in [6, 6.07) is 6.76. The van der Waals surface area contributed by atoms with Gasteiger partial charge in [-0.25, -0.2) is 13.1 Å². The molecular weight excluding hydrogens is 250 g/mol. The largest absolute Gasteiger partial charge is 0.390 e. The summed E-state index contributed by atoms with van der Waals surface area (Å²) >= 11 is 0. The summed E-state index contributed by atoms with van der Waals surface area (Å²) in [7, 11) is -3.46. The molecule has 3 saturated carbocycles. The van der Waals surface area contributed by atoms with Crippen LogP contribution < -0.4 is 4.72 Å². The molecule has 5 heteroatoms. The molecule has 2 N–H and O–H groups in total. The Morgan fingerprint density at radius 2 is 2.06 bits per heavy atom. The highest BCUT2D eigenvalue weighted by atomic mass is 32.2. The Labute approximate surface area is 107 Å². The number of fused-ring (bicyclic) bond motifs is 1. The Morgan fingerprint density at radius 1 is 1.33 bits per heavy atom. The van der Waals surface area contributed by atoms with Crippen molar-refractivity contribution in [2.45, 2.75) is 42.7 Å². The minimum Gasteiger partial charge on any atom is -0.390 e. The van der Waals surface area contributed by atoms with Gasteiger partial charge in [-0.3, -0.25) is 0 Å². The summed E-state index contributed by atoms with van der Waals surface area (Å²) in [6.45, 7) is 1.87. The van der Waals surface area contributed by atoms with Gasteiger partial charge in [0.25, 0.3) is 0 Å². The summed E-state index contributed by atoms with van der Waals surface area (Å²) in [5, 5.41) is 9.91. The van der Waals surface area contributed by atoms with E-state index in [-0.39, 0.29) is 6.04 Å². The number of aryl methyl sites for hydroxylation is 1. The van der Waals surface area contributed by atoms with Crippen molar-refractivity contribution < 1.29 is 13.5 Å². The average molecular weight is 267 g/mol. The topological polar surface area (TPSA) is 66.4 Å². The molecule has 0 heterocycles. The van der Waals surface area contributed by atoms with E-state index in [0.717, 1.165) is 18.4 Å². The summed E-state index contributed by atoms with van der Waals surface area (Å²) < 4.78 is 27.2. The Morgan fingerprint density at radius 3 is 2.61 bits per heavy atom. The Bertz CT molecular complexity index is 576. The van der Waals surface area contributed by atoms with Gasteiger partial charge >= 0.3 is 0 Å². The molecule has 1 aromatic rings. The number of hydrogen-bond donors (Lipinski definition) is 2. The summed E-state index contributed by atoms with van der Waals surface area (Å²) in [4.78, 5) is 0.304. The van der Waals surface area contributed by atoms with Gasteiger partial charge in [-0.2, -0.15) is 0 Å². The predicted molar refractivity (Wildman–Crippen MR) is 67.6 cm³/mol. The molecule has 4 nitrogen and oxygen atoms in total. The second-order valence-electron chi connectivity index (χ2n) is 5.64. The normalized spacial score (nSPS) is 34.3. The first kappa shape index (κ1) is 12.1. The smallest absolute Gasteiger partial charge is 0.240 e. The summed E-state index contributed by atoms with van der Waals surface area (Å²) in [5.74, 6) is 0.301. The van der Waals surface area contributed by atoms with Crippen LogP contribution in [0, 0.1) is 12.8 Å². The van der Waals surface area contributed by atoms with E-state index >= 15 is 0 Å². The Hall–Kier alpha value is -0.910. The third-order valence-electron chi connectivity index (χ3n) is 4.06. The van der Waals surface area contributed by atoms with Crippen molar-refractivity contribution >= 4 is 10.0 Å². The van der Waals surface area contributed by atoms with Gasteiger partial charge in [0, 0.05) is 6.04 Å². The molecule has 0 spiro atoms. The average Bonchev–Trinajstić information content (AvgIpc) is 2.69. The maximum absolute atomic E-state index is 12.2. The monoisotopic (exact) mass is 267 g/mol. The molecule has 0 saturated heterocycles. The number of hydrogen-bond acceptors (Lipinski definition) is 3. The zero-order valence-corrected chi connectivity index (χ0v) is 11.1. The van der Waals surface area contributed by atoms with Crippen LogP contribution in [0.1, 0.15) is 24.8 Å². The fourth-order valence-electron chi connectivity index (χ4n) is 3.13. The van der Waals surface area contributed by atoms with Gasteiger partial charge < -0.3 is 5.11 Å². The lowest BCUT2D eigenvalue weighted by molar-refractivity contribution is -0.0206. The van der Waals surface area contributed by atoms with Crippen LogP contribution in [0.2, 0.25) is 0 Å². The molecule has 2 bridgehead atoms. The van der Waals surface area contributed by atoms with Crippen LogP contribution in [-0.4, -0.2) is 25.2 Å². The zero-order chi connectivity index (χ0) is 13.0. The van der Waals surface area contributed by atoms with Crippen LogP contribution in [0.5, 0.6) is 0 Å². The van der Waals surface area contributed by atoms with Crippen LogP contribution in [0.3, 0.4) is 0 Å². The van der Waals surface area contributed by atoms with Crippen LogP contribution >= 0.6 is 0 Å². The summed E-state index contributed by atoms with van der Waals surface area (Å²) in [5.41, 5.74) is 0.317. The van der Waals surface area contributed by atoms with Crippen molar-refractivity contribution in [1.82, 2.24) is 4.72 Å². The van der Waals surface area contributed by atoms with E-state index in [0.29, 0.717) is 17.2 Å². The van der Waals surface area contributed by atoms with Crippen molar-refractivity contribution in [2.75, 3.05) is 0 Å². The highest BCUT2D eigenvalue weighted by molar-refractivity contribution is 7.89. The number of sulfonamides is 1. The van der Waals surface area contributed by atoms with Crippen LogP contribution in [0.25, 0.3) is 0 Å². The van der Waals surface area contributed by atoms with Gasteiger partial charge in [0.15, 0.2) is 0 Å². The zero-order valence-electron chi connectivity index (χ0n) is 10.3. The summed E-state index contributed by atoms with van der Waals surface area (Å²) in [6.07, 6.45) is 2.00. The lowest BCUT2D eigenvalue weighted by Crippen LogP contribution is -2.38. The first-order chi connectivity index (χ1) is 8.38. The van der Waals surface area contributed by atoms with E-state index in [1.54, 1.807) is 18.2 Å². The Balaban J connectivity index is 1.80. The lowest BCUT2D eigenvalue weighted by Gasteiger charge is -2.32. The van der Waals surface area contributed by atoms with Gasteiger partial charge in [0.2, 0.25) is 10.0 Å². The van der Waals surface area contributed by atoms with E-state index in [9.17, 15) is 13.5 Å². The van der Waals surface area contributed by atoms with Crippen molar-refractivity contribution in [1.29, 1.82) is 0 Å². The number of aliphatic hydroxyl groups is 1. The van der Waals surface area contributed by atoms with Crippen molar-refractivity contribution in [3.8, 4) is 0 Å². The standard InChI is InChI=1S/C13H17NO3S/c1-9-3-2-4-11(5-9)18(16,17)14-12-8-13(15)6-10(12)7-13/h2-5,10,12,14-15H,6-8H2,1H3. The first-order valence-corrected chi connectivity index (χ1v) is 7.68. The quantitative estimate of drug-likeness (QED) is 0.864. The van der Waals surface area contributed by atoms with E-state index in [2.05, 4.69) is 4.72 Å². The predicted octanol–water partition coefficient (Wildman–Crippen LogP) is 1.19. The van der Waals surface area contributed by atoms with Gasteiger partial charge in [0.05, 0.1) is 10.5 Å². The van der Waals surface area contributed by atoms with Crippen molar-refractivity contribution in [3.05, 3.63) is 29.8 Å². The minimum absolute atomic E-state index is 0.111. The molecule has 1 atom stereocenters. The molecule has 0 aromatic heterocycles. The number of nitrogens with one attached hydrogen (secondary N) is 1. The maximum atomic E-state index is 12.2. The SMILES string of the molecule is Cc1cccc(S(=O)(=O)NC2CC3(O)CC2C3)c1. The third kappa shape index (κ3) is 1.96. The molecule has 4 rings (SSSR count). The molecular formula is C13H17NO3S. The highest BCUT2D eigenvalue weighted by Crippen LogP contribution is 2.52. The van der Waals surface area contributed by atoms with Gasteiger partial charge in [-0.1, -0.05) is 12.1 Å². The van der Waals surface area contributed by atoms with E-state index in [4.69, 9.17) is 0 Å². The third-order valence-corrected chi connectivity index (χ3v) is 5.55. The number of rotatable bonds is 3. The molecule has 1 aromatic carbocycles. The van der Waals surface area contributed by atoms with E-state index in [1.165, 1.54) is 0 Å². The molecule has 1 unspecified atom stereocenters. The molecule has 98 valence electrons. The van der Waals surface area contributed by atoms with Gasteiger partial charge in [-0.05, 0) is 49.8 Å². The second kappa shape index (κ2) is 3.79. The van der Waals surface area contributed by atoms with E-state index in [1.807, 2.05) is 13.0 Å². The number of benzene rings is 1. The lowest BCUT2D eigenvalue weighted by atomic mass is 9.80. The van der Waals surface area contributed by atoms with Crippen LogP contribution in [0.15, 0.2) is 29.2 Å². The second-order valence-corrected chi connectivity index (χ2v) is 7.36. The first-order valence-electron chi connectivity index (χ1n) is 6.19. The van der Waals surface area contributed by atoms with Crippen LogP contribution in [-0.2, 0) is 10.0 Å². The van der Waals surface area contributed by atoms with Crippen molar-refractivity contribution in [3.63, 3.8) is 0 Å². The fourth-order valence-corrected chi connectivity index (χ4v) is 4.54. The van der Waals surface area contributed by atoms with E-state index < -0.39 is 15.6 Å². The molecule has 0 aliphatic heterocycles. The molecule has 18 heavy (non-hydrogen) atoms. The molecule has 3 aliphatic carbocycles. The van der Waals surface area contributed by atoms with Gasteiger partial charge in [0.1, 0.15) is 0 Å². The Kier molecular flexibility index (Phi) is 2.56. The molecule has 3 fully saturated rings. The maximum Gasteiger partial charge on any atom is 0.240 e. The minimum atomic E-state index is -3.46. The molecule has 3 aliphatic rings. The van der Waals surface area contributed by atoms with Crippen LogP contribution in [0.4, 0.5) is 0 Å². The van der Waals surface area contributed by atoms with Crippen molar-refractivity contribution in [2.24, 2.45) is 5.92 Å². The van der Waals surface area contributed by atoms with Gasteiger partial charge in [-0.15, -0.1) is 0 Å².